The zero-order chi connectivity index (χ0) is 17.3. The average molecular weight is 358 g/mol. The van der Waals surface area contributed by atoms with Crippen molar-refractivity contribution in [3.8, 4) is 0 Å². The molecule has 1 aromatic rings. The minimum atomic E-state index is -4.05. The van der Waals surface area contributed by atoms with Crippen LogP contribution in [0.15, 0.2) is 23.1 Å². The third kappa shape index (κ3) is 3.17. The van der Waals surface area contributed by atoms with Gasteiger partial charge in [-0.1, -0.05) is 6.42 Å². The van der Waals surface area contributed by atoms with E-state index in [1.165, 1.54) is 0 Å². The van der Waals surface area contributed by atoms with Gasteiger partial charge in [0.1, 0.15) is 6.04 Å². The summed E-state index contributed by atoms with van der Waals surface area (Å²) in [6.45, 7) is 1.51. The molecule has 2 heterocycles. The van der Waals surface area contributed by atoms with Crippen molar-refractivity contribution in [1.82, 2.24) is 9.21 Å². The van der Waals surface area contributed by atoms with Crippen LogP contribution >= 0.6 is 0 Å². The van der Waals surface area contributed by atoms with Crippen molar-refractivity contribution in [2.45, 2.75) is 43.0 Å². The van der Waals surface area contributed by atoms with Crippen molar-refractivity contribution in [2.75, 3.05) is 19.6 Å². The van der Waals surface area contributed by atoms with Crippen molar-refractivity contribution in [2.24, 2.45) is 0 Å². The predicted octanol–water partition coefficient (Wildman–Crippen LogP) is 2.13. The van der Waals surface area contributed by atoms with E-state index in [-0.39, 0.29) is 17.3 Å². The Hall–Kier alpha value is -1.54. The van der Waals surface area contributed by atoms with Gasteiger partial charge >= 0.3 is 0 Å². The van der Waals surface area contributed by atoms with Crippen LogP contribution in [0.25, 0.3) is 0 Å². The molecule has 0 N–H and O–H groups in total. The van der Waals surface area contributed by atoms with Gasteiger partial charge in [-0.3, -0.25) is 4.79 Å². The third-order valence-corrected chi connectivity index (χ3v) is 6.56. The molecule has 1 atom stereocenters. The van der Waals surface area contributed by atoms with Gasteiger partial charge in [0, 0.05) is 19.6 Å². The van der Waals surface area contributed by atoms with Crippen LogP contribution in [0.2, 0.25) is 0 Å². The van der Waals surface area contributed by atoms with Crippen LogP contribution in [0.5, 0.6) is 0 Å². The highest BCUT2D eigenvalue weighted by Crippen LogP contribution is 2.28. The Bertz CT molecular complexity index is 733. The number of nitrogens with zero attached hydrogens (tertiary/aromatic N) is 2. The van der Waals surface area contributed by atoms with E-state index in [2.05, 4.69) is 0 Å². The number of hydrogen-bond acceptors (Lipinski definition) is 3. The number of piperidine rings is 1. The molecule has 0 radical (unpaired) electrons. The molecule has 0 unspecified atom stereocenters. The second kappa shape index (κ2) is 6.76. The molecule has 8 heteroatoms. The fourth-order valence-corrected chi connectivity index (χ4v) is 5.02. The zero-order valence-corrected chi connectivity index (χ0v) is 14.1. The van der Waals surface area contributed by atoms with Gasteiger partial charge < -0.3 is 4.90 Å². The van der Waals surface area contributed by atoms with Crippen LogP contribution in [-0.4, -0.2) is 49.2 Å². The number of amides is 1. The summed E-state index contributed by atoms with van der Waals surface area (Å²) in [7, 11) is -4.05. The number of carbonyl (C=O) groups is 1. The molecule has 24 heavy (non-hydrogen) atoms. The minimum Gasteiger partial charge on any atom is -0.341 e. The number of likely N-dealkylation sites (tertiary alicyclic amines) is 1. The quantitative estimate of drug-likeness (QED) is 0.832. The lowest BCUT2D eigenvalue weighted by atomic mass is 10.0. The van der Waals surface area contributed by atoms with Crippen LogP contribution in [0.3, 0.4) is 0 Å². The maximum atomic E-state index is 13.4. The summed E-state index contributed by atoms with van der Waals surface area (Å²) in [5, 5.41) is 0. The molecular weight excluding hydrogens is 338 g/mol. The van der Waals surface area contributed by atoms with Gasteiger partial charge in [0.05, 0.1) is 4.90 Å². The Morgan fingerprint density at radius 2 is 1.67 bits per heavy atom. The first-order chi connectivity index (χ1) is 11.4. The smallest absolute Gasteiger partial charge is 0.243 e. The second-order valence-corrected chi connectivity index (χ2v) is 8.13. The summed E-state index contributed by atoms with van der Waals surface area (Å²) in [6.07, 6.45) is 3.72. The highest BCUT2D eigenvalue weighted by molar-refractivity contribution is 7.89. The lowest BCUT2D eigenvalue weighted by Gasteiger charge is -2.35. The highest BCUT2D eigenvalue weighted by Gasteiger charge is 2.40. The van der Waals surface area contributed by atoms with Crippen molar-refractivity contribution < 1.29 is 22.0 Å². The summed E-state index contributed by atoms with van der Waals surface area (Å²) in [4.78, 5) is 14.1. The van der Waals surface area contributed by atoms with Gasteiger partial charge in [0.25, 0.3) is 0 Å². The van der Waals surface area contributed by atoms with Crippen LogP contribution in [0.4, 0.5) is 8.78 Å². The standard InChI is InChI=1S/C16H20F2N2O3S/c17-13-7-6-12(11-14(13)18)24(22,23)20-10-2-1-5-15(20)16(21)19-8-3-4-9-19/h6-7,11,15H,1-5,8-10H2/t15-/m1/s1. The van der Waals surface area contributed by atoms with E-state index in [9.17, 15) is 22.0 Å². The molecule has 2 aliphatic heterocycles. The van der Waals surface area contributed by atoms with Gasteiger partial charge in [0.2, 0.25) is 15.9 Å². The maximum Gasteiger partial charge on any atom is 0.243 e. The van der Waals surface area contributed by atoms with Crippen LogP contribution < -0.4 is 0 Å². The number of halogens is 2. The highest BCUT2D eigenvalue weighted by atomic mass is 32.2. The molecule has 5 nitrogen and oxygen atoms in total. The molecule has 2 fully saturated rings. The van der Waals surface area contributed by atoms with Crippen molar-refractivity contribution in [3.63, 3.8) is 0 Å². The van der Waals surface area contributed by atoms with E-state index in [0.29, 0.717) is 32.0 Å². The number of carbonyl (C=O) groups excluding carboxylic acids is 1. The molecule has 2 aliphatic rings. The van der Waals surface area contributed by atoms with E-state index in [1.807, 2.05) is 0 Å². The topological polar surface area (TPSA) is 57.7 Å². The molecule has 2 saturated heterocycles. The van der Waals surface area contributed by atoms with Gasteiger partial charge in [-0.05, 0) is 43.9 Å². The lowest BCUT2D eigenvalue weighted by Crippen LogP contribution is -2.52. The Kier molecular flexibility index (Phi) is 4.87. The summed E-state index contributed by atoms with van der Waals surface area (Å²) in [6, 6.07) is 1.76. The molecule has 132 valence electrons. The van der Waals surface area contributed by atoms with Gasteiger partial charge in [-0.2, -0.15) is 4.31 Å². The second-order valence-electron chi connectivity index (χ2n) is 6.24. The summed E-state index contributed by atoms with van der Waals surface area (Å²) < 4.78 is 53.4. The number of rotatable bonds is 3. The van der Waals surface area contributed by atoms with Crippen molar-refractivity contribution in [1.29, 1.82) is 0 Å². The Labute approximate surface area is 140 Å². The Morgan fingerprint density at radius 1 is 1.00 bits per heavy atom. The average Bonchev–Trinajstić information content (AvgIpc) is 3.11. The number of sulfonamides is 1. The zero-order valence-electron chi connectivity index (χ0n) is 13.2. The van der Waals surface area contributed by atoms with Gasteiger partial charge in [-0.25, -0.2) is 17.2 Å². The Morgan fingerprint density at radius 3 is 2.33 bits per heavy atom. The van der Waals surface area contributed by atoms with E-state index >= 15 is 0 Å². The van der Waals surface area contributed by atoms with E-state index < -0.39 is 27.7 Å². The van der Waals surface area contributed by atoms with Crippen LogP contribution in [-0.2, 0) is 14.8 Å². The summed E-state index contributed by atoms with van der Waals surface area (Å²) >= 11 is 0. The van der Waals surface area contributed by atoms with Gasteiger partial charge in [-0.15, -0.1) is 0 Å². The molecule has 0 bridgehead atoms. The molecule has 0 spiro atoms. The first-order valence-corrected chi connectivity index (χ1v) is 9.61. The molecular formula is C16H20F2N2O3S. The van der Waals surface area contributed by atoms with E-state index in [0.717, 1.165) is 35.7 Å². The molecule has 3 rings (SSSR count). The van der Waals surface area contributed by atoms with Crippen molar-refractivity contribution in [3.05, 3.63) is 29.8 Å². The van der Waals surface area contributed by atoms with Gasteiger partial charge in [0.15, 0.2) is 11.6 Å². The first-order valence-electron chi connectivity index (χ1n) is 8.17. The van der Waals surface area contributed by atoms with Crippen LogP contribution in [0.1, 0.15) is 32.1 Å². The summed E-state index contributed by atoms with van der Waals surface area (Å²) in [5.41, 5.74) is 0. The minimum absolute atomic E-state index is 0.182. The number of hydrogen-bond donors (Lipinski definition) is 0. The normalized spacial score (nSPS) is 22.8. The largest absolute Gasteiger partial charge is 0.341 e. The van der Waals surface area contributed by atoms with Crippen LogP contribution in [0, 0.1) is 11.6 Å². The molecule has 0 aliphatic carbocycles. The van der Waals surface area contributed by atoms with E-state index in [1.54, 1.807) is 4.90 Å². The lowest BCUT2D eigenvalue weighted by molar-refractivity contribution is -0.135. The molecule has 0 saturated carbocycles. The number of benzene rings is 1. The van der Waals surface area contributed by atoms with Crippen molar-refractivity contribution >= 4 is 15.9 Å². The molecule has 1 amide bonds. The summed E-state index contributed by atoms with van der Waals surface area (Å²) in [5.74, 6) is -2.49. The molecule has 1 aromatic carbocycles. The maximum absolute atomic E-state index is 13.4. The fourth-order valence-electron chi connectivity index (χ4n) is 3.36. The predicted molar refractivity (Wildman–Crippen MR) is 83.7 cm³/mol. The van der Waals surface area contributed by atoms with E-state index in [4.69, 9.17) is 0 Å². The fraction of sp³-hybridized carbons (Fsp3) is 0.562. The monoisotopic (exact) mass is 358 g/mol. The Balaban J connectivity index is 1.91. The third-order valence-electron chi connectivity index (χ3n) is 4.65. The first kappa shape index (κ1) is 17.3. The SMILES string of the molecule is O=C([C@H]1CCCCN1S(=O)(=O)c1ccc(F)c(F)c1)N1CCCC1. The molecule has 0 aromatic heterocycles.